The average Bonchev–Trinajstić information content (AvgIpc) is 3.07. The number of hydrogen-bond donors (Lipinski definition) is 8. The number of aliphatic hydroxyl groups is 1. The van der Waals surface area contributed by atoms with Crippen LogP contribution < -0.4 is 17.2 Å². The number of esters is 2. The Morgan fingerprint density at radius 1 is 0.577 bits per heavy atom. The highest BCUT2D eigenvalue weighted by atomic mass is 16.5. The average molecular weight is 745 g/mol. The summed E-state index contributed by atoms with van der Waals surface area (Å²) in [6, 6.07) is -3.12. The SMILES string of the molecule is C/C(=C/C(=O)N(O)CCCC(N)C(=O)OCC/C(C)=C\C(=O)N(O)CCCC(N)C(=O)OCC/C(C)=C\C(=O)N(O)CCCC(N)C(=O)O)CCO. The Bertz CT molecular complexity index is 1270. The minimum Gasteiger partial charge on any atom is -0.480 e. The van der Waals surface area contributed by atoms with E-state index in [1.807, 2.05) is 0 Å². The predicted octanol–water partition coefficient (Wildman–Crippen LogP) is 0.135. The summed E-state index contributed by atoms with van der Waals surface area (Å²) in [7, 11) is 0. The molecule has 11 N–H and O–H groups in total. The first-order chi connectivity index (χ1) is 24.4. The monoisotopic (exact) mass is 744 g/mol. The molecular weight excluding hydrogens is 688 g/mol. The maximum Gasteiger partial charge on any atom is 0.322 e. The van der Waals surface area contributed by atoms with Crippen molar-refractivity contribution in [3.05, 3.63) is 34.9 Å². The number of carboxylic acids is 1. The molecule has 3 amide bonds. The zero-order chi connectivity index (χ0) is 39.8. The van der Waals surface area contributed by atoms with Crippen LogP contribution in [-0.4, -0.2) is 134 Å². The van der Waals surface area contributed by atoms with Crippen molar-refractivity contribution in [2.45, 2.75) is 96.7 Å². The topological polar surface area (TPSA) is 310 Å². The molecule has 0 aromatic carbocycles. The number of carboxylic acid groups (broad SMARTS) is 1. The van der Waals surface area contributed by atoms with Crippen LogP contribution in [0.2, 0.25) is 0 Å². The summed E-state index contributed by atoms with van der Waals surface area (Å²) >= 11 is 0. The molecule has 3 atom stereocenters. The van der Waals surface area contributed by atoms with Crippen molar-refractivity contribution in [1.82, 2.24) is 15.2 Å². The van der Waals surface area contributed by atoms with Gasteiger partial charge in [0.05, 0.1) is 13.2 Å². The zero-order valence-corrected chi connectivity index (χ0v) is 30.1. The molecule has 0 spiro atoms. The van der Waals surface area contributed by atoms with Gasteiger partial charge in [-0.15, -0.1) is 0 Å². The van der Waals surface area contributed by atoms with Crippen LogP contribution >= 0.6 is 0 Å². The van der Waals surface area contributed by atoms with E-state index in [1.165, 1.54) is 6.08 Å². The molecule has 0 aromatic rings. The summed E-state index contributed by atoms with van der Waals surface area (Å²) < 4.78 is 10.3. The standard InChI is InChI=1S/C33H56N6O13/c1-22(10-16-40)19-28(41)38(49)14-5-8-26(35)32(46)52-18-12-24(3)21-30(43)39(50)15-6-9-27(36)33(47)51-17-11-23(2)20-29(42)37(48)13-4-7-25(34)31(44)45/h19-21,25-27,40,48-50H,4-18,34-36H2,1-3H3,(H,44,45)/b22-19-,23-20-,24-21-. The quantitative estimate of drug-likeness (QED) is 0.0253. The third kappa shape index (κ3) is 21.9. The van der Waals surface area contributed by atoms with Crippen LogP contribution in [0, 0.1) is 0 Å². The fourth-order valence-electron chi connectivity index (χ4n) is 4.16. The highest BCUT2D eigenvalue weighted by Crippen LogP contribution is 2.08. The third-order valence-electron chi connectivity index (χ3n) is 7.44. The van der Waals surface area contributed by atoms with E-state index in [2.05, 4.69) is 0 Å². The minimum atomic E-state index is -1.18. The number of aliphatic hydroxyl groups excluding tert-OH is 1. The van der Waals surface area contributed by atoms with Crippen molar-refractivity contribution in [1.29, 1.82) is 0 Å². The van der Waals surface area contributed by atoms with E-state index in [1.54, 1.807) is 20.8 Å². The van der Waals surface area contributed by atoms with Crippen molar-refractivity contribution >= 4 is 35.6 Å². The van der Waals surface area contributed by atoms with Gasteiger partial charge in [-0.05, 0) is 65.7 Å². The fraction of sp³-hybridized carbons (Fsp3) is 0.636. The van der Waals surface area contributed by atoms with Crippen molar-refractivity contribution in [3.8, 4) is 0 Å². The Morgan fingerprint density at radius 2 is 0.885 bits per heavy atom. The Labute approximate surface area is 303 Å². The largest absolute Gasteiger partial charge is 0.480 e. The molecule has 0 saturated carbocycles. The number of ether oxygens (including phenoxy) is 2. The molecule has 0 aliphatic carbocycles. The minimum absolute atomic E-state index is 0.0619. The van der Waals surface area contributed by atoms with E-state index in [4.69, 9.17) is 36.9 Å². The van der Waals surface area contributed by atoms with Gasteiger partial charge < -0.3 is 36.9 Å². The van der Waals surface area contributed by atoms with E-state index in [0.717, 1.165) is 12.2 Å². The normalized spacial score (nSPS) is 13.8. The first-order valence-electron chi connectivity index (χ1n) is 16.9. The van der Waals surface area contributed by atoms with Gasteiger partial charge in [0.25, 0.3) is 17.7 Å². The summed E-state index contributed by atoms with van der Waals surface area (Å²) in [5.41, 5.74) is 18.7. The lowest BCUT2D eigenvalue weighted by molar-refractivity contribution is -0.160. The highest BCUT2D eigenvalue weighted by Gasteiger charge is 2.19. The second-order valence-electron chi connectivity index (χ2n) is 12.2. The number of aliphatic carboxylic acids is 1. The highest BCUT2D eigenvalue weighted by molar-refractivity contribution is 5.88. The zero-order valence-electron chi connectivity index (χ0n) is 30.1. The molecular formula is C33H56N6O13. The summed E-state index contributed by atoms with van der Waals surface area (Å²) in [5.74, 6) is -4.70. The number of hydroxylamine groups is 6. The maximum atomic E-state index is 12.3. The maximum absolute atomic E-state index is 12.3. The first-order valence-corrected chi connectivity index (χ1v) is 16.9. The molecule has 0 aromatic heterocycles. The lowest BCUT2D eigenvalue weighted by atomic mass is 10.1. The van der Waals surface area contributed by atoms with Gasteiger partial charge in [0.2, 0.25) is 0 Å². The van der Waals surface area contributed by atoms with E-state index in [9.17, 15) is 44.4 Å². The van der Waals surface area contributed by atoms with Gasteiger partial charge in [-0.2, -0.15) is 0 Å². The van der Waals surface area contributed by atoms with Crippen molar-refractivity contribution < 1.29 is 64.1 Å². The number of nitrogens with zero attached hydrogens (tertiary/aromatic N) is 3. The second-order valence-corrected chi connectivity index (χ2v) is 12.2. The molecule has 0 aliphatic heterocycles. The summed E-state index contributed by atoms with van der Waals surface area (Å²) in [6.07, 6.45) is 5.06. The Hall–Kier alpha value is -4.24. The van der Waals surface area contributed by atoms with Crippen LogP contribution in [0.25, 0.3) is 0 Å². The molecule has 3 unspecified atom stereocenters. The van der Waals surface area contributed by atoms with E-state index in [-0.39, 0.29) is 90.8 Å². The molecule has 0 rings (SSSR count). The number of nitrogens with two attached hydrogens (primary N) is 3. The number of rotatable bonds is 26. The van der Waals surface area contributed by atoms with Crippen molar-refractivity contribution in [2.24, 2.45) is 17.2 Å². The summed E-state index contributed by atoms with van der Waals surface area (Å²) in [6.45, 7) is 4.24. The molecule has 0 saturated heterocycles. The molecule has 296 valence electrons. The fourth-order valence-corrected chi connectivity index (χ4v) is 4.16. The van der Waals surface area contributed by atoms with Crippen LogP contribution in [0.5, 0.6) is 0 Å². The number of amides is 3. The van der Waals surface area contributed by atoms with E-state index in [0.29, 0.717) is 38.3 Å². The summed E-state index contributed by atoms with van der Waals surface area (Å²) in [4.78, 5) is 71.4. The molecule has 0 aliphatic rings. The number of carbonyl (C=O) groups is 6. The van der Waals surface area contributed by atoms with Gasteiger partial charge in [-0.1, -0.05) is 16.7 Å². The summed E-state index contributed by atoms with van der Waals surface area (Å²) in [5, 5.41) is 48.7. The Morgan fingerprint density at radius 3 is 1.19 bits per heavy atom. The van der Waals surface area contributed by atoms with Gasteiger partial charge in [0.15, 0.2) is 0 Å². The van der Waals surface area contributed by atoms with Gasteiger partial charge in [-0.25, -0.2) is 15.2 Å². The van der Waals surface area contributed by atoms with E-state index >= 15 is 0 Å². The molecule has 19 nitrogen and oxygen atoms in total. The molecule has 19 heteroatoms. The van der Waals surface area contributed by atoms with Gasteiger partial charge in [0.1, 0.15) is 18.1 Å². The molecule has 0 heterocycles. The van der Waals surface area contributed by atoms with Crippen LogP contribution in [0.4, 0.5) is 0 Å². The number of hydrogen-bond acceptors (Lipinski definition) is 15. The van der Waals surface area contributed by atoms with Crippen LogP contribution in [0.15, 0.2) is 34.9 Å². The molecule has 52 heavy (non-hydrogen) atoms. The van der Waals surface area contributed by atoms with E-state index < -0.39 is 53.8 Å². The van der Waals surface area contributed by atoms with Crippen LogP contribution in [0.3, 0.4) is 0 Å². The molecule has 0 fully saturated rings. The van der Waals surface area contributed by atoms with Gasteiger partial charge in [-0.3, -0.25) is 44.4 Å². The van der Waals surface area contributed by atoms with Crippen LogP contribution in [0.1, 0.15) is 78.6 Å². The molecule has 0 bridgehead atoms. The van der Waals surface area contributed by atoms with Gasteiger partial charge in [0, 0.05) is 57.3 Å². The van der Waals surface area contributed by atoms with Crippen LogP contribution in [-0.2, 0) is 38.2 Å². The second kappa shape index (κ2) is 26.5. The van der Waals surface area contributed by atoms with Crippen molar-refractivity contribution in [2.75, 3.05) is 39.5 Å². The Kier molecular flexibility index (Phi) is 24.4. The predicted molar refractivity (Wildman–Crippen MR) is 184 cm³/mol. The smallest absolute Gasteiger partial charge is 0.322 e. The lowest BCUT2D eigenvalue weighted by Gasteiger charge is -2.16. The lowest BCUT2D eigenvalue weighted by Crippen LogP contribution is -2.34. The third-order valence-corrected chi connectivity index (χ3v) is 7.44. The Balaban J connectivity index is 4.38. The van der Waals surface area contributed by atoms with Gasteiger partial charge >= 0.3 is 17.9 Å². The number of carbonyl (C=O) groups excluding carboxylic acids is 5. The first kappa shape index (κ1) is 47.8. The molecule has 0 radical (unpaired) electrons. The van der Waals surface area contributed by atoms with Crippen molar-refractivity contribution in [3.63, 3.8) is 0 Å².